The fraction of sp³-hybridized carbons (Fsp3) is 0.375. The Morgan fingerprint density at radius 1 is 1.14 bits per heavy atom. The minimum Gasteiger partial charge on any atom is -0.493 e. The molecule has 2 N–H and O–H groups in total. The average Bonchev–Trinajstić information content (AvgIpc) is 2.86. The fourth-order valence-corrected chi connectivity index (χ4v) is 2.17. The van der Waals surface area contributed by atoms with E-state index in [1.165, 1.54) is 5.69 Å². The molecule has 0 saturated carbocycles. The highest BCUT2D eigenvalue weighted by Crippen LogP contribution is 2.25. The average molecular weight is 311 g/mol. The van der Waals surface area contributed by atoms with Gasteiger partial charge >= 0.3 is 0 Å². The second-order valence-electron chi connectivity index (χ2n) is 4.87. The summed E-state index contributed by atoms with van der Waals surface area (Å²) in [5.74, 6) is 1.53. The van der Waals surface area contributed by atoms with Crippen LogP contribution >= 0.6 is 12.4 Å². The molecule has 0 spiro atoms. The topological polar surface area (TPSA) is 49.4 Å². The van der Waals surface area contributed by atoms with Crippen LogP contribution in [0.2, 0.25) is 0 Å². The van der Waals surface area contributed by atoms with E-state index in [4.69, 9.17) is 15.2 Å². The molecule has 0 aliphatic rings. The lowest BCUT2D eigenvalue weighted by molar-refractivity contribution is 0.278. The quantitative estimate of drug-likeness (QED) is 0.855. The summed E-state index contributed by atoms with van der Waals surface area (Å²) in [7, 11) is 1.65. The van der Waals surface area contributed by atoms with E-state index in [-0.39, 0.29) is 18.4 Å². The first kappa shape index (κ1) is 17.4. The summed E-state index contributed by atoms with van der Waals surface area (Å²) >= 11 is 0. The van der Waals surface area contributed by atoms with Gasteiger partial charge in [0.1, 0.15) is 6.61 Å². The van der Waals surface area contributed by atoms with E-state index in [0.717, 1.165) is 24.5 Å². The number of benzene rings is 1. The molecule has 21 heavy (non-hydrogen) atoms. The molecule has 1 unspecified atom stereocenters. The monoisotopic (exact) mass is 310 g/mol. The summed E-state index contributed by atoms with van der Waals surface area (Å²) in [6, 6.07) is 12.0. The molecule has 0 radical (unpaired) electrons. The van der Waals surface area contributed by atoms with Gasteiger partial charge in [0.25, 0.3) is 0 Å². The second kappa shape index (κ2) is 8.60. The van der Waals surface area contributed by atoms with Crippen LogP contribution in [0.3, 0.4) is 0 Å². The van der Waals surface area contributed by atoms with Gasteiger partial charge in [0.05, 0.1) is 13.7 Å². The largest absolute Gasteiger partial charge is 0.493 e. The van der Waals surface area contributed by atoms with Crippen molar-refractivity contribution in [3.8, 4) is 11.5 Å². The number of hydrogen-bond donors (Lipinski definition) is 1. The number of nitrogens with zero attached hydrogens (tertiary/aromatic N) is 1. The lowest BCUT2D eigenvalue weighted by Crippen LogP contribution is -2.20. The zero-order chi connectivity index (χ0) is 14.4. The smallest absolute Gasteiger partial charge is 0.161 e. The van der Waals surface area contributed by atoms with Gasteiger partial charge in [-0.1, -0.05) is 12.1 Å². The van der Waals surface area contributed by atoms with Crippen molar-refractivity contribution in [2.75, 3.05) is 13.7 Å². The fourth-order valence-electron chi connectivity index (χ4n) is 2.17. The van der Waals surface area contributed by atoms with Crippen LogP contribution in [0, 0.1) is 0 Å². The van der Waals surface area contributed by atoms with E-state index in [2.05, 4.69) is 16.8 Å². The number of hydrogen-bond acceptors (Lipinski definition) is 3. The van der Waals surface area contributed by atoms with Gasteiger partial charge in [0.15, 0.2) is 11.5 Å². The Hall–Kier alpha value is -1.65. The third kappa shape index (κ3) is 4.99. The molecule has 1 aromatic heterocycles. The predicted molar refractivity (Wildman–Crippen MR) is 87.5 cm³/mol. The molecule has 116 valence electrons. The van der Waals surface area contributed by atoms with Crippen molar-refractivity contribution in [2.24, 2.45) is 5.73 Å². The van der Waals surface area contributed by atoms with Crippen molar-refractivity contribution in [2.45, 2.75) is 25.9 Å². The van der Waals surface area contributed by atoms with E-state index in [0.29, 0.717) is 6.61 Å². The highest BCUT2D eigenvalue weighted by Gasteiger charge is 2.05. The Morgan fingerprint density at radius 3 is 2.52 bits per heavy atom. The van der Waals surface area contributed by atoms with Gasteiger partial charge in [-0.2, -0.15) is 0 Å². The zero-order valence-corrected chi connectivity index (χ0v) is 13.3. The molecule has 0 amide bonds. The SMILES string of the molecule is COc1ccccc1OCCn1cccc1CC(C)N.Cl. The standard InChI is InChI=1S/C16H22N2O2.ClH/c1-13(17)12-14-6-5-9-18(14)10-11-20-16-8-4-3-7-15(16)19-2;/h3-9,13H,10-12,17H2,1-2H3;1H. The Morgan fingerprint density at radius 2 is 1.86 bits per heavy atom. The minimum atomic E-state index is 0. The van der Waals surface area contributed by atoms with Crippen LogP contribution in [0.1, 0.15) is 12.6 Å². The molecule has 0 aliphatic heterocycles. The van der Waals surface area contributed by atoms with Crippen LogP contribution in [-0.2, 0) is 13.0 Å². The Bertz CT molecular complexity index is 541. The van der Waals surface area contributed by atoms with Crippen molar-refractivity contribution in [3.05, 3.63) is 48.3 Å². The van der Waals surface area contributed by atoms with E-state index in [1.54, 1.807) is 7.11 Å². The maximum Gasteiger partial charge on any atom is 0.161 e. The number of ether oxygens (including phenoxy) is 2. The van der Waals surface area contributed by atoms with Gasteiger partial charge in [-0.3, -0.25) is 0 Å². The summed E-state index contributed by atoms with van der Waals surface area (Å²) in [5, 5.41) is 0. The molecule has 0 aliphatic carbocycles. The Labute approximate surface area is 132 Å². The normalized spacial score (nSPS) is 11.6. The third-order valence-electron chi connectivity index (χ3n) is 3.11. The van der Waals surface area contributed by atoms with E-state index < -0.39 is 0 Å². The minimum absolute atomic E-state index is 0. The molecule has 2 rings (SSSR count). The van der Waals surface area contributed by atoms with E-state index in [1.807, 2.05) is 37.3 Å². The summed E-state index contributed by atoms with van der Waals surface area (Å²) in [4.78, 5) is 0. The molecule has 2 aromatic rings. The molecular weight excluding hydrogens is 288 g/mol. The maximum absolute atomic E-state index is 5.85. The first-order chi connectivity index (χ1) is 9.70. The van der Waals surface area contributed by atoms with Crippen LogP contribution in [0.4, 0.5) is 0 Å². The van der Waals surface area contributed by atoms with Gasteiger partial charge in [-0.25, -0.2) is 0 Å². The zero-order valence-electron chi connectivity index (χ0n) is 12.5. The van der Waals surface area contributed by atoms with Crippen LogP contribution in [-0.4, -0.2) is 24.3 Å². The molecule has 4 nitrogen and oxygen atoms in total. The van der Waals surface area contributed by atoms with Crippen LogP contribution < -0.4 is 15.2 Å². The first-order valence-electron chi connectivity index (χ1n) is 6.86. The third-order valence-corrected chi connectivity index (χ3v) is 3.11. The van der Waals surface area contributed by atoms with Crippen LogP contribution in [0.5, 0.6) is 11.5 Å². The summed E-state index contributed by atoms with van der Waals surface area (Å²) in [5.41, 5.74) is 7.09. The highest BCUT2D eigenvalue weighted by molar-refractivity contribution is 5.85. The molecule has 1 aromatic carbocycles. The van der Waals surface area contributed by atoms with Gasteiger partial charge < -0.3 is 19.8 Å². The molecule has 0 saturated heterocycles. The number of rotatable bonds is 7. The maximum atomic E-state index is 5.85. The summed E-state index contributed by atoms with van der Waals surface area (Å²) < 4.78 is 13.2. The molecule has 0 fully saturated rings. The van der Waals surface area contributed by atoms with Crippen molar-refractivity contribution in [1.82, 2.24) is 4.57 Å². The number of nitrogens with two attached hydrogens (primary N) is 1. The number of aromatic nitrogens is 1. The van der Waals surface area contributed by atoms with Gasteiger partial charge in [0, 0.05) is 24.4 Å². The number of halogens is 1. The first-order valence-corrected chi connectivity index (χ1v) is 6.86. The van der Waals surface area contributed by atoms with Crippen molar-refractivity contribution < 1.29 is 9.47 Å². The van der Waals surface area contributed by atoms with Crippen molar-refractivity contribution >= 4 is 12.4 Å². The van der Waals surface area contributed by atoms with Crippen molar-refractivity contribution in [1.29, 1.82) is 0 Å². The van der Waals surface area contributed by atoms with Crippen LogP contribution in [0.15, 0.2) is 42.6 Å². The highest BCUT2D eigenvalue weighted by atomic mass is 35.5. The Kier molecular flexibility index (Phi) is 7.12. The molecule has 0 bridgehead atoms. The van der Waals surface area contributed by atoms with Gasteiger partial charge in [-0.05, 0) is 31.2 Å². The summed E-state index contributed by atoms with van der Waals surface area (Å²) in [6.45, 7) is 3.41. The number of methoxy groups -OCH3 is 1. The molecule has 1 atom stereocenters. The van der Waals surface area contributed by atoms with Gasteiger partial charge in [-0.15, -0.1) is 12.4 Å². The molecule has 1 heterocycles. The summed E-state index contributed by atoms with van der Waals surface area (Å²) in [6.07, 6.45) is 2.94. The van der Waals surface area contributed by atoms with Crippen molar-refractivity contribution in [3.63, 3.8) is 0 Å². The number of para-hydroxylation sites is 2. The Balaban J connectivity index is 0.00000220. The lowest BCUT2D eigenvalue weighted by atomic mass is 10.2. The van der Waals surface area contributed by atoms with E-state index >= 15 is 0 Å². The molecular formula is C16H23ClN2O2. The predicted octanol–water partition coefficient (Wildman–Crippen LogP) is 2.89. The second-order valence-corrected chi connectivity index (χ2v) is 4.87. The lowest BCUT2D eigenvalue weighted by Gasteiger charge is -2.13. The van der Waals surface area contributed by atoms with Gasteiger partial charge in [0.2, 0.25) is 0 Å². The van der Waals surface area contributed by atoms with E-state index in [9.17, 15) is 0 Å². The van der Waals surface area contributed by atoms with Crippen LogP contribution in [0.25, 0.3) is 0 Å². The molecule has 5 heteroatoms.